The topological polar surface area (TPSA) is 45.4 Å². The molecule has 0 saturated carbocycles. The Morgan fingerprint density at radius 2 is 2.14 bits per heavy atom. The second-order valence-corrected chi connectivity index (χ2v) is 6.22. The van der Waals surface area contributed by atoms with Crippen LogP contribution in [0.5, 0.6) is 0 Å². The summed E-state index contributed by atoms with van der Waals surface area (Å²) in [5, 5.41) is 8.16. The summed E-state index contributed by atoms with van der Waals surface area (Å²) in [6, 6.07) is 9.37. The minimum Gasteiger partial charge on any atom is -0.424 e. The van der Waals surface area contributed by atoms with E-state index in [9.17, 15) is 0 Å². The maximum atomic E-state index is 5.63. The molecule has 0 radical (unpaired) electrons. The van der Waals surface area contributed by atoms with Crippen molar-refractivity contribution < 1.29 is 4.42 Å². The Balaban J connectivity index is 1.85. The molecule has 22 heavy (non-hydrogen) atoms. The molecule has 0 spiro atoms. The van der Waals surface area contributed by atoms with Crippen LogP contribution in [-0.4, -0.2) is 35.7 Å². The van der Waals surface area contributed by atoms with Gasteiger partial charge in [-0.3, -0.25) is 4.90 Å². The molecule has 0 aliphatic carbocycles. The van der Waals surface area contributed by atoms with Crippen molar-refractivity contribution in [2.75, 3.05) is 25.5 Å². The Labute approximate surface area is 131 Å². The number of hydrogen-bond donors (Lipinski definition) is 0. The number of hydrogen-bond acceptors (Lipinski definition) is 5. The summed E-state index contributed by atoms with van der Waals surface area (Å²) < 4.78 is 5.63. The Hall–Kier alpha value is -1.88. The van der Waals surface area contributed by atoms with Gasteiger partial charge in [-0.05, 0) is 44.0 Å². The van der Waals surface area contributed by atoms with E-state index < -0.39 is 0 Å². The Bertz CT molecular complexity index is 637. The molecule has 1 aromatic carbocycles. The molecule has 0 unspecified atom stereocenters. The molecule has 1 aliphatic rings. The molecule has 118 valence electrons. The standard InChI is InChI=1S/C17H24N4O/c1-12(17-19-18-13(2)22-17)21-10-6-9-16(21)14-7-5-8-15(11-14)20(3)4/h5,7-8,11-12,16H,6,9-10H2,1-4H3/t12-,16+/m1/s1. The van der Waals surface area contributed by atoms with Crippen molar-refractivity contribution in [2.24, 2.45) is 0 Å². The SMILES string of the molecule is Cc1nnc([C@@H](C)N2CCC[C@H]2c2cccc(N(C)C)c2)o1. The first-order valence-electron chi connectivity index (χ1n) is 7.89. The van der Waals surface area contributed by atoms with E-state index in [0.717, 1.165) is 6.54 Å². The van der Waals surface area contributed by atoms with E-state index in [0.29, 0.717) is 17.8 Å². The number of rotatable bonds is 4. The number of benzene rings is 1. The quantitative estimate of drug-likeness (QED) is 0.866. The van der Waals surface area contributed by atoms with Gasteiger partial charge < -0.3 is 9.32 Å². The molecular formula is C17H24N4O. The summed E-state index contributed by atoms with van der Waals surface area (Å²) in [5.41, 5.74) is 2.61. The van der Waals surface area contributed by atoms with Crippen LogP contribution in [0.2, 0.25) is 0 Å². The summed E-state index contributed by atoms with van der Waals surface area (Å²) >= 11 is 0. The van der Waals surface area contributed by atoms with Crippen molar-refractivity contribution in [2.45, 2.75) is 38.8 Å². The van der Waals surface area contributed by atoms with Gasteiger partial charge in [-0.15, -0.1) is 10.2 Å². The minimum absolute atomic E-state index is 0.150. The molecule has 2 atom stereocenters. The van der Waals surface area contributed by atoms with Crippen LogP contribution in [0.4, 0.5) is 5.69 Å². The smallest absolute Gasteiger partial charge is 0.233 e. The molecule has 0 bridgehead atoms. The zero-order valence-corrected chi connectivity index (χ0v) is 13.8. The number of anilines is 1. The molecule has 3 rings (SSSR count). The van der Waals surface area contributed by atoms with Crippen LogP contribution in [0.25, 0.3) is 0 Å². The molecule has 1 fully saturated rings. The van der Waals surface area contributed by atoms with Crippen molar-refractivity contribution >= 4 is 5.69 Å². The third kappa shape index (κ3) is 2.86. The first-order valence-corrected chi connectivity index (χ1v) is 7.89. The van der Waals surface area contributed by atoms with Gasteiger partial charge >= 0.3 is 0 Å². The first kappa shape index (κ1) is 15.0. The second kappa shape index (κ2) is 6.08. The van der Waals surface area contributed by atoms with Crippen LogP contribution in [0.1, 0.15) is 49.2 Å². The third-order valence-electron chi connectivity index (χ3n) is 4.46. The van der Waals surface area contributed by atoms with E-state index in [4.69, 9.17) is 4.42 Å². The van der Waals surface area contributed by atoms with Gasteiger partial charge in [0, 0.05) is 32.7 Å². The molecule has 0 N–H and O–H groups in total. The van der Waals surface area contributed by atoms with E-state index in [-0.39, 0.29) is 6.04 Å². The predicted molar refractivity (Wildman–Crippen MR) is 86.9 cm³/mol. The lowest BCUT2D eigenvalue weighted by molar-refractivity contribution is 0.167. The predicted octanol–water partition coefficient (Wildman–Crippen LogP) is 3.34. The monoisotopic (exact) mass is 300 g/mol. The maximum absolute atomic E-state index is 5.63. The molecule has 1 aromatic heterocycles. The molecule has 5 heteroatoms. The van der Waals surface area contributed by atoms with Gasteiger partial charge in [-0.2, -0.15) is 0 Å². The van der Waals surface area contributed by atoms with Gasteiger partial charge in [0.05, 0.1) is 6.04 Å². The third-order valence-corrected chi connectivity index (χ3v) is 4.46. The second-order valence-electron chi connectivity index (χ2n) is 6.22. The minimum atomic E-state index is 0.150. The highest BCUT2D eigenvalue weighted by molar-refractivity contribution is 5.48. The molecule has 2 heterocycles. The average Bonchev–Trinajstić information content (AvgIpc) is 3.15. The van der Waals surface area contributed by atoms with Gasteiger partial charge in [0.15, 0.2) is 0 Å². The fourth-order valence-electron chi connectivity index (χ4n) is 3.24. The van der Waals surface area contributed by atoms with E-state index in [2.05, 4.69) is 65.3 Å². The molecule has 1 saturated heterocycles. The molecular weight excluding hydrogens is 276 g/mol. The van der Waals surface area contributed by atoms with Crippen molar-refractivity contribution in [3.8, 4) is 0 Å². The first-order chi connectivity index (χ1) is 10.6. The number of aromatic nitrogens is 2. The average molecular weight is 300 g/mol. The molecule has 0 amide bonds. The van der Waals surface area contributed by atoms with E-state index in [1.165, 1.54) is 24.1 Å². The number of likely N-dealkylation sites (tertiary alicyclic amines) is 1. The highest BCUT2D eigenvalue weighted by Gasteiger charge is 2.32. The van der Waals surface area contributed by atoms with E-state index in [1.54, 1.807) is 0 Å². The van der Waals surface area contributed by atoms with Crippen molar-refractivity contribution in [1.82, 2.24) is 15.1 Å². The van der Waals surface area contributed by atoms with Crippen molar-refractivity contribution in [1.29, 1.82) is 0 Å². The van der Waals surface area contributed by atoms with Gasteiger partial charge in [-0.25, -0.2) is 0 Å². The zero-order valence-electron chi connectivity index (χ0n) is 13.8. The summed E-state index contributed by atoms with van der Waals surface area (Å²) in [7, 11) is 4.16. The largest absolute Gasteiger partial charge is 0.424 e. The normalized spacial score (nSPS) is 20.3. The lowest BCUT2D eigenvalue weighted by atomic mass is 10.0. The fraction of sp³-hybridized carbons (Fsp3) is 0.529. The summed E-state index contributed by atoms with van der Waals surface area (Å²) in [6.45, 7) is 5.06. The van der Waals surface area contributed by atoms with Crippen LogP contribution in [-0.2, 0) is 0 Å². The Morgan fingerprint density at radius 1 is 1.32 bits per heavy atom. The van der Waals surface area contributed by atoms with Gasteiger partial charge in [0.2, 0.25) is 11.8 Å². The van der Waals surface area contributed by atoms with Gasteiger partial charge in [0.25, 0.3) is 0 Å². The van der Waals surface area contributed by atoms with Crippen LogP contribution in [0, 0.1) is 6.92 Å². The Kier molecular flexibility index (Phi) is 4.16. The maximum Gasteiger partial charge on any atom is 0.233 e. The van der Waals surface area contributed by atoms with Crippen LogP contribution >= 0.6 is 0 Å². The van der Waals surface area contributed by atoms with Crippen molar-refractivity contribution in [3.05, 3.63) is 41.6 Å². The van der Waals surface area contributed by atoms with E-state index in [1.807, 2.05) is 6.92 Å². The van der Waals surface area contributed by atoms with E-state index >= 15 is 0 Å². The van der Waals surface area contributed by atoms with Crippen LogP contribution < -0.4 is 4.90 Å². The highest BCUT2D eigenvalue weighted by Crippen LogP contribution is 2.38. The molecule has 5 nitrogen and oxygen atoms in total. The summed E-state index contributed by atoms with van der Waals surface area (Å²) in [6.07, 6.45) is 2.38. The lowest BCUT2D eigenvalue weighted by Gasteiger charge is -2.29. The summed E-state index contributed by atoms with van der Waals surface area (Å²) in [4.78, 5) is 4.62. The lowest BCUT2D eigenvalue weighted by Crippen LogP contribution is -2.27. The van der Waals surface area contributed by atoms with Crippen molar-refractivity contribution in [3.63, 3.8) is 0 Å². The number of aryl methyl sites for hydroxylation is 1. The van der Waals surface area contributed by atoms with Crippen LogP contribution in [0.15, 0.2) is 28.7 Å². The molecule has 1 aliphatic heterocycles. The Morgan fingerprint density at radius 3 is 2.82 bits per heavy atom. The van der Waals surface area contributed by atoms with Gasteiger partial charge in [-0.1, -0.05) is 12.1 Å². The highest BCUT2D eigenvalue weighted by atomic mass is 16.4. The zero-order chi connectivity index (χ0) is 15.7. The molecule has 2 aromatic rings. The fourth-order valence-corrected chi connectivity index (χ4v) is 3.24. The van der Waals surface area contributed by atoms with Gasteiger partial charge in [0.1, 0.15) is 0 Å². The summed E-state index contributed by atoms with van der Waals surface area (Å²) in [5.74, 6) is 1.35. The van der Waals surface area contributed by atoms with Crippen LogP contribution in [0.3, 0.4) is 0 Å². The number of nitrogens with zero attached hydrogens (tertiary/aromatic N) is 4.